The highest BCUT2D eigenvalue weighted by atomic mass is 16.3. The van der Waals surface area contributed by atoms with E-state index in [1.807, 2.05) is 162 Å². The standard InChI is InChI=1S/C30H40N4O4.C8H10.3C5H12.2C4H10.C3H8O.2C2H6.6CH5N.10CH2O.4H3N/c1-22(29(37)34-18-12-7-13-19-34)31-28(36)26(20-24-14-8-5-9-15-24)33(4)30(38)27(32(3)23(2)35)21-25-16-10-6-11-17-25;1-2-8-6-4-3-5-7-8;3*1-4-5(2)3;2*1-4(2)3;1-3(2)4;18*1-2;;;;/h5-6,8-11,14-17,22,26-27H,7,12-13,18-21H2,1-4H3,(H,31,36);3-7H,2H2,1H3;3*5H,4H2,1-3H3;2*4H,1-3H3;3-4H,1-2H3;2*1-2H3;6*2H2,1H3;10*1H2;4*1H3/t22-,26-,27-;;;;;;;;;;;;;;;;;;;;;;;;;;;;;/m0............................./s1. The first kappa shape index (κ1) is 182. The van der Waals surface area contributed by atoms with E-state index in [0.29, 0.717) is 19.5 Å². The number of aryl methyl sites for hydroxylation is 1. The topological polar surface area (TPSA) is 577 Å². The molecular weight excluding hydrogens is 1450 g/mol. The van der Waals surface area contributed by atoms with E-state index in [4.69, 9.17) is 53.1 Å². The summed E-state index contributed by atoms with van der Waals surface area (Å²) in [6.07, 6.45) is 8.53. The Kier molecular flexibility index (Phi) is 307. The number of benzene rings is 3. The van der Waals surface area contributed by atoms with Crippen LogP contribution in [0, 0.1) is 29.6 Å². The van der Waals surface area contributed by atoms with Crippen molar-refractivity contribution in [2.24, 2.45) is 64.0 Å². The molecule has 3 atom stereocenters. The first-order valence-electron chi connectivity index (χ1n) is 36.4. The summed E-state index contributed by atoms with van der Waals surface area (Å²) in [7, 11) is 12.2. The lowest BCUT2D eigenvalue weighted by Gasteiger charge is -2.35. The zero-order valence-corrected chi connectivity index (χ0v) is 78.5. The molecule has 1 fully saturated rings. The Labute approximate surface area is 694 Å². The summed E-state index contributed by atoms with van der Waals surface area (Å²) in [6, 6.07) is 27.1. The van der Waals surface area contributed by atoms with Crippen LogP contribution in [0.15, 0.2) is 91.0 Å². The van der Waals surface area contributed by atoms with Gasteiger partial charge in [0.05, 0.1) is 0 Å². The van der Waals surface area contributed by atoms with Crippen LogP contribution in [0.2, 0.25) is 0 Å². The minimum absolute atomic E-state index is 0. The van der Waals surface area contributed by atoms with Crippen molar-refractivity contribution in [2.75, 3.05) is 69.5 Å². The molecule has 4 rings (SSSR count). The summed E-state index contributed by atoms with van der Waals surface area (Å²) in [5.41, 5.74) is 30.2. The average molecular weight is 1630 g/mol. The summed E-state index contributed by atoms with van der Waals surface area (Å²) in [5.74, 6) is 3.24. The number of hydrogen-bond acceptors (Lipinski definition) is 25. The highest BCUT2D eigenvalue weighted by Gasteiger charge is 2.36. The molecule has 684 valence electrons. The number of likely N-dealkylation sites (N-methyl/N-ethyl adjacent to an activating group) is 2. The molecule has 0 aromatic heterocycles. The molecule has 113 heavy (non-hydrogen) atoms. The number of likely N-dealkylation sites (tertiary alicyclic amines) is 1. The Morgan fingerprint density at radius 1 is 0.389 bits per heavy atom. The predicted octanol–water partition coefficient (Wildman–Crippen LogP) is 13.1. The van der Waals surface area contributed by atoms with Gasteiger partial charge in [0.25, 0.3) is 0 Å². The number of carbonyl (C=O) groups is 14. The number of nitrogens with zero attached hydrogens (tertiary/aromatic N) is 3. The van der Waals surface area contributed by atoms with Gasteiger partial charge >= 0.3 is 0 Å². The van der Waals surface area contributed by atoms with E-state index in [0.717, 1.165) is 66.4 Å². The fraction of sp³-hybridized carbons (Fsp3) is 0.619. The Bertz CT molecular complexity index is 1890. The van der Waals surface area contributed by atoms with Gasteiger partial charge in [0, 0.05) is 53.1 Å². The molecule has 1 aliphatic rings. The summed E-state index contributed by atoms with van der Waals surface area (Å²) in [5, 5.41) is 10.9. The molecule has 1 aliphatic heterocycles. The fourth-order valence-corrected chi connectivity index (χ4v) is 5.55. The Balaban J connectivity index is -0.0000000350. The van der Waals surface area contributed by atoms with Crippen LogP contribution in [0.5, 0.6) is 0 Å². The zero-order chi connectivity index (χ0) is 93.1. The number of amides is 4. The molecule has 1 saturated heterocycles. The second-order valence-corrected chi connectivity index (χ2v) is 21.9. The average Bonchev–Trinajstić information content (AvgIpc) is 0.820. The van der Waals surface area contributed by atoms with Gasteiger partial charge in [0.1, 0.15) is 86.0 Å². The fourth-order valence-electron chi connectivity index (χ4n) is 5.55. The Morgan fingerprint density at radius 2 is 0.584 bits per heavy atom. The third kappa shape index (κ3) is 187. The van der Waals surface area contributed by atoms with Crippen LogP contribution in [-0.2, 0) is 86.4 Å². The maximum absolute atomic E-state index is 13.9. The molecule has 29 nitrogen and oxygen atoms in total. The van der Waals surface area contributed by atoms with Gasteiger partial charge in [-0.2, -0.15) is 0 Å². The second-order valence-electron chi connectivity index (χ2n) is 21.9. The number of rotatable bonds is 14. The van der Waals surface area contributed by atoms with Gasteiger partial charge in [-0.25, -0.2) is 0 Å². The molecule has 29 heteroatoms. The van der Waals surface area contributed by atoms with Crippen LogP contribution in [0.4, 0.5) is 0 Å². The number of hydrogen-bond donors (Lipinski definition) is 12. The van der Waals surface area contributed by atoms with Gasteiger partial charge in [0.15, 0.2) is 0 Å². The van der Waals surface area contributed by atoms with Gasteiger partial charge < -0.3 is 132 Å². The first-order valence-corrected chi connectivity index (χ1v) is 36.4. The molecule has 0 unspecified atom stereocenters. The maximum atomic E-state index is 13.9. The number of aliphatic hydroxyl groups excluding tert-OH is 1. The van der Waals surface area contributed by atoms with Crippen LogP contribution in [-0.4, -0.2) is 205 Å². The summed E-state index contributed by atoms with van der Waals surface area (Å²) < 4.78 is 0. The molecule has 0 bridgehead atoms. The van der Waals surface area contributed by atoms with E-state index in [2.05, 4.69) is 175 Å². The van der Waals surface area contributed by atoms with Crippen molar-refractivity contribution >= 4 is 91.5 Å². The first-order chi connectivity index (χ1) is 52.1. The van der Waals surface area contributed by atoms with E-state index in [9.17, 15) is 19.2 Å². The number of aliphatic hydroxyl groups is 1. The molecule has 26 N–H and O–H groups in total. The normalized spacial score (nSPS) is 8.91. The monoisotopic (exact) mass is 1630 g/mol. The predicted molar refractivity (Wildman–Crippen MR) is 491 cm³/mol. The number of nitrogens with one attached hydrogen (secondary N) is 1. The van der Waals surface area contributed by atoms with Crippen molar-refractivity contribution in [3.8, 4) is 0 Å². The molecule has 3 aromatic carbocycles. The Hall–Kier alpha value is -8.20. The van der Waals surface area contributed by atoms with Crippen LogP contribution < -0.4 is 64.3 Å². The third-order valence-corrected chi connectivity index (χ3v) is 11.0. The van der Waals surface area contributed by atoms with E-state index in [1.165, 1.54) is 83.8 Å². The molecule has 1 heterocycles. The highest BCUT2D eigenvalue weighted by molar-refractivity contribution is 5.94. The summed E-state index contributed by atoms with van der Waals surface area (Å²) in [4.78, 5) is 137. The minimum atomic E-state index is -0.861. The van der Waals surface area contributed by atoms with E-state index in [-0.39, 0.29) is 54.8 Å². The van der Waals surface area contributed by atoms with Gasteiger partial charge in [-0.15, -0.1) is 0 Å². The highest BCUT2D eigenvalue weighted by Crippen LogP contribution is 2.17. The lowest BCUT2D eigenvalue weighted by Crippen LogP contribution is -2.58. The van der Waals surface area contributed by atoms with Crippen molar-refractivity contribution in [2.45, 2.75) is 248 Å². The largest absolute Gasteiger partial charge is 0.394 e. The van der Waals surface area contributed by atoms with E-state index in [1.54, 1.807) is 39.8 Å². The van der Waals surface area contributed by atoms with E-state index >= 15 is 0 Å². The number of carbonyl (C=O) groups excluding carboxylic acids is 14. The van der Waals surface area contributed by atoms with Gasteiger partial charge in [0.2, 0.25) is 23.6 Å². The van der Waals surface area contributed by atoms with Crippen LogP contribution in [0.25, 0.3) is 0 Å². The quantitative estimate of drug-likeness (QED) is 0.0713. The second kappa shape index (κ2) is 191. The molecule has 0 radical (unpaired) electrons. The lowest BCUT2D eigenvalue weighted by molar-refractivity contribution is -0.147. The molecule has 0 saturated carbocycles. The Morgan fingerprint density at radius 3 is 0.761 bits per heavy atom. The molecule has 4 amide bonds. The molecule has 0 aliphatic carbocycles. The number of piperidine rings is 1. The maximum Gasteiger partial charge on any atom is 0.246 e. The van der Waals surface area contributed by atoms with Gasteiger partial charge in [-0.3, -0.25) is 19.2 Å². The van der Waals surface area contributed by atoms with Crippen molar-refractivity contribution in [3.63, 3.8) is 0 Å². The van der Waals surface area contributed by atoms with Crippen LogP contribution in [0.3, 0.4) is 0 Å². The summed E-state index contributed by atoms with van der Waals surface area (Å²) in [6.45, 7) is 71.0. The molecular formula is C84H188N14O15. The van der Waals surface area contributed by atoms with Crippen molar-refractivity contribution in [1.82, 2.24) is 44.6 Å². The van der Waals surface area contributed by atoms with Crippen molar-refractivity contribution < 1.29 is 72.2 Å². The van der Waals surface area contributed by atoms with Gasteiger partial charge in [-0.1, -0.05) is 249 Å². The smallest absolute Gasteiger partial charge is 0.246 e. The van der Waals surface area contributed by atoms with Gasteiger partial charge in [-0.05, 0) is 135 Å². The van der Waals surface area contributed by atoms with Crippen molar-refractivity contribution in [3.05, 3.63) is 108 Å². The van der Waals surface area contributed by atoms with Crippen LogP contribution in [0.1, 0.15) is 221 Å². The van der Waals surface area contributed by atoms with E-state index < -0.39 is 24.0 Å². The molecule has 0 spiro atoms. The third-order valence-electron chi connectivity index (χ3n) is 11.0. The molecule has 3 aromatic rings. The zero-order valence-electron chi connectivity index (χ0n) is 78.5. The minimum Gasteiger partial charge on any atom is -0.394 e. The lowest BCUT2D eigenvalue weighted by atomic mass is 10.00. The van der Waals surface area contributed by atoms with Crippen LogP contribution >= 0.6 is 0 Å². The summed E-state index contributed by atoms with van der Waals surface area (Å²) >= 11 is 0. The van der Waals surface area contributed by atoms with Crippen molar-refractivity contribution in [1.29, 1.82) is 0 Å². The number of nitrogens with two attached hydrogens (primary N) is 6. The SMILES string of the molecule is C=O.C=O.C=O.C=O.C=O.C=O.C=O.C=O.C=O.C=O.CC.CC.CC(=O)N(C)[C@@H](Cc1ccccc1)C(=O)N(C)[C@@H](Cc1ccccc1)C(=O)N[C@@H](C)C(=O)N1CCCCC1.CC(C)C.CC(C)C.CC(C)O.CCC(C)C.CCC(C)C.CCC(C)C.CCc1ccccc1.CN.CN.CN.CN.CN.CN.N.N.N.N.